The predicted octanol–water partition coefficient (Wildman–Crippen LogP) is 2.30. The Morgan fingerprint density at radius 1 is 1.48 bits per heavy atom. The summed E-state index contributed by atoms with van der Waals surface area (Å²) < 4.78 is 5.64. The average molecular weight is 290 g/mol. The molecule has 1 aliphatic rings. The smallest absolute Gasteiger partial charge is 0.260 e. The first-order valence-electron chi connectivity index (χ1n) is 7.72. The molecule has 0 bridgehead atoms. The van der Waals surface area contributed by atoms with Crippen LogP contribution >= 0.6 is 0 Å². The molecular formula is C17H26N2O2. The molecule has 1 heterocycles. The van der Waals surface area contributed by atoms with Gasteiger partial charge in [-0.15, -0.1) is 0 Å². The Labute approximate surface area is 127 Å². The van der Waals surface area contributed by atoms with Gasteiger partial charge in [-0.2, -0.15) is 0 Å². The highest BCUT2D eigenvalue weighted by Gasteiger charge is 2.25. The maximum atomic E-state index is 12.1. The van der Waals surface area contributed by atoms with Crippen LogP contribution in [0.1, 0.15) is 37.3 Å². The van der Waals surface area contributed by atoms with Crippen LogP contribution in [0.25, 0.3) is 0 Å². The molecule has 116 valence electrons. The van der Waals surface area contributed by atoms with Crippen LogP contribution < -0.4 is 10.5 Å². The molecule has 4 nitrogen and oxygen atoms in total. The van der Waals surface area contributed by atoms with Crippen molar-refractivity contribution in [3.05, 3.63) is 29.3 Å². The third kappa shape index (κ3) is 3.97. The van der Waals surface area contributed by atoms with Gasteiger partial charge < -0.3 is 15.4 Å². The van der Waals surface area contributed by atoms with Crippen LogP contribution in [0.4, 0.5) is 0 Å². The minimum absolute atomic E-state index is 0.0524. The van der Waals surface area contributed by atoms with E-state index in [4.69, 9.17) is 10.5 Å². The summed E-state index contributed by atoms with van der Waals surface area (Å²) in [5.74, 6) is 1.76. The molecular weight excluding hydrogens is 264 g/mol. The zero-order chi connectivity index (χ0) is 15.4. The molecule has 0 aliphatic carbocycles. The van der Waals surface area contributed by atoms with Crippen molar-refractivity contribution in [1.82, 2.24) is 4.90 Å². The first kappa shape index (κ1) is 15.8. The summed E-state index contributed by atoms with van der Waals surface area (Å²) in [5, 5.41) is 0. The predicted molar refractivity (Wildman–Crippen MR) is 84.5 cm³/mol. The van der Waals surface area contributed by atoms with Gasteiger partial charge in [-0.25, -0.2) is 0 Å². The van der Waals surface area contributed by atoms with E-state index < -0.39 is 0 Å². The van der Waals surface area contributed by atoms with Gasteiger partial charge in [-0.05, 0) is 55.0 Å². The Bertz CT molecular complexity index is 500. The molecule has 1 amide bonds. The van der Waals surface area contributed by atoms with Gasteiger partial charge in [0.25, 0.3) is 5.91 Å². The van der Waals surface area contributed by atoms with E-state index in [-0.39, 0.29) is 12.5 Å². The van der Waals surface area contributed by atoms with E-state index in [1.165, 1.54) is 11.1 Å². The molecule has 1 fully saturated rings. The summed E-state index contributed by atoms with van der Waals surface area (Å²) >= 11 is 0. The molecule has 1 saturated heterocycles. The second kappa shape index (κ2) is 6.94. The number of nitrogens with two attached hydrogens (primary N) is 1. The minimum Gasteiger partial charge on any atom is -0.484 e. The lowest BCUT2D eigenvalue weighted by Crippen LogP contribution is -2.33. The molecule has 0 saturated carbocycles. The van der Waals surface area contributed by atoms with Crippen molar-refractivity contribution >= 4 is 5.91 Å². The molecule has 0 spiro atoms. The van der Waals surface area contributed by atoms with Crippen LogP contribution in [0, 0.1) is 12.8 Å². The van der Waals surface area contributed by atoms with Crippen LogP contribution in [-0.2, 0) is 4.79 Å². The van der Waals surface area contributed by atoms with Crippen molar-refractivity contribution < 1.29 is 9.53 Å². The normalized spacial score (nSPS) is 18.3. The largest absolute Gasteiger partial charge is 0.484 e. The molecule has 0 unspecified atom stereocenters. The number of nitrogens with zero attached hydrogens (tertiary/aromatic N) is 1. The summed E-state index contributed by atoms with van der Waals surface area (Å²) in [7, 11) is 0. The lowest BCUT2D eigenvalue weighted by molar-refractivity contribution is -0.132. The number of aryl methyl sites for hydroxylation is 1. The van der Waals surface area contributed by atoms with Gasteiger partial charge in [0.05, 0.1) is 0 Å². The number of carbonyl (C=O) groups is 1. The molecule has 2 N–H and O–H groups in total. The third-order valence-corrected chi connectivity index (χ3v) is 4.20. The maximum Gasteiger partial charge on any atom is 0.260 e. The van der Waals surface area contributed by atoms with Crippen molar-refractivity contribution in [2.75, 3.05) is 26.2 Å². The number of benzene rings is 1. The van der Waals surface area contributed by atoms with Crippen LogP contribution in [0.3, 0.4) is 0 Å². The quantitative estimate of drug-likeness (QED) is 0.905. The van der Waals surface area contributed by atoms with Gasteiger partial charge in [0.2, 0.25) is 0 Å². The Balaban J connectivity index is 1.88. The van der Waals surface area contributed by atoms with Crippen LogP contribution in [0.5, 0.6) is 5.75 Å². The topological polar surface area (TPSA) is 55.6 Å². The van der Waals surface area contributed by atoms with Crippen molar-refractivity contribution in [2.24, 2.45) is 11.7 Å². The van der Waals surface area contributed by atoms with Gasteiger partial charge in [-0.3, -0.25) is 4.79 Å². The number of amides is 1. The fraction of sp³-hybridized carbons (Fsp3) is 0.588. The summed E-state index contributed by atoms with van der Waals surface area (Å²) in [4.78, 5) is 14.0. The van der Waals surface area contributed by atoms with Gasteiger partial charge in [-0.1, -0.05) is 19.9 Å². The lowest BCUT2D eigenvalue weighted by atomic mass is 9.98. The molecule has 1 aromatic carbocycles. The number of ether oxygens (including phenoxy) is 1. The Hall–Kier alpha value is -1.55. The highest BCUT2D eigenvalue weighted by molar-refractivity contribution is 5.78. The number of rotatable bonds is 5. The summed E-state index contributed by atoms with van der Waals surface area (Å²) in [6.45, 7) is 8.76. The van der Waals surface area contributed by atoms with Gasteiger partial charge in [0.1, 0.15) is 5.75 Å². The zero-order valence-corrected chi connectivity index (χ0v) is 13.3. The second-order valence-corrected chi connectivity index (χ2v) is 6.19. The van der Waals surface area contributed by atoms with Crippen LogP contribution in [0.15, 0.2) is 18.2 Å². The van der Waals surface area contributed by atoms with E-state index >= 15 is 0 Å². The lowest BCUT2D eigenvalue weighted by Gasteiger charge is -2.17. The van der Waals surface area contributed by atoms with Crippen molar-refractivity contribution in [1.29, 1.82) is 0 Å². The monoisotopic (exact) mass is 290 g/mol. The van der Waals surface area contributed by atoms with Crippen LogP contribution in [-0.4, -0.2) is 37.0 Å². The zero-order valence-electron chi connectivity index (χ0n) is 13.3. The van der Waals surface area contributed by atoms with Crippen molar-refractivity contribution in [3.8, 4) is 5.75 Å². The van der Waals surface area contributed by atoms with Gasteiger partial charge in [0.15, 0.2) is 6.61 Å². The SMILES string of the molecule is Cc1cc(OCC(=O)N2CC[C@@H](CN)C2)ccc1C(C)C. The van der Waals surface area contributed by atoms with E-state index in [0.717, 1.165) is 25.3 Å². The molecule has 21 heavy (non-hydrogen) atoms. The Morgan fingerprint density at radius 2 is 2.24 bits per heavy atom. The van der Waals surface area contributed by atoms with Gasteiger partial charge >= 0.3 is 0 Å². The summed E-state index contributed by atoms with van der Waals surface area (Å²) in [6, 6.07) is 6.04. The van der Waals surface area contributed by atoms with E-state index in [2.05, 4.69) is 26.8 Å². The molecule has 4 heteroatoms. The molecule has 1 atom stereocenters. The van der Waals surface area contributed by atoms with Gasteiger partial charge in [0, 0.05) is 13.1 Å². The fourth-order valence-corrected chi connectivity index (χ4v) is 2.87. The molecule has 0 aromatic heterocycles. The van der Waals surface area contributed by atoms with Crippen molar-refractivity contribution in [2.45, 2.75) is 33.1 Å². The van der Waals surface area contributed by atoms with E-state index in [1.807, 2.05) is 17.0 Å². The van der Waals surface area contributed by atoms with E-state index in [9.17, 15) is 4.79 Å². The summed E-state index contributed by atoms with van der Waals surface area (Å²) in [6.07, 6.45) is 1.00. The Morgan fingerprint density at radius 3 is 2.81 bits per heavy atom. The maximum absolute atomic E-state index is 12.1. The highest BCUT2D eigenvalue weighted by atomic mass is 16.5. The Kier molecular flexibility index (Phi) is 5.23. The molecule has 0 radical (unpaired) electrons. The highest BCUT2D eigenvalue weighted by Crippen LogP contribution is 2.23. The first-order chi connectivity index (χ1) is 10.0. The number of hydrogen-bond acceptors (Lipinski definition) is 3. The number of carbonyl (C=O) groups excluding carboxylic acids is 1. The van der Waals surface area contributed by atoms with Crippen molar-refractivity contribution in [3.63, 3.8) is 0 Å². The average Bonchev–Trinajstić information content (AvgIpc) is 2.93. The third-order valence-electron chi connectivity index (χ3n) is 4.20. The fourth-order valence-electron chi connectivity index (χ4n) is 2.87. The van der Waals surface area contributed by atoms with E-state index in [0.29, 0.717) is 18.4 Å². The second-order valence-electron chi connectivity index (χ2n) is 6.19. The minimum atomic E-state index is 0.0524. The van der Waals surface area contributed by atoms with E-state index in [1.54, 1.807) is 0 Å². The standard InChI is InChI=1S/C17H26N2O2/c1-12(2)16-5-4-15(8-13(16)3)21-11-17(20)19-7-6-14(9-18)10-19/h4-5,8,12,14H,6-7,9-11,18H2,1-3H3/t14-/m0/s1. The van der Waals surface area contributed by atoms with Crippen LogP contribution in [0.2, 0.25) is 0 Å². The number of likely N-dealkylation sites (tertiary alicyclic amines) is 1. The first-order valence-corrected chi connectivity index (χ1v) is 7.72. The molecule has 1 aliphatic heterocycles. The summed E-state index contributed by atoms with van der Waals surface area (Å²) in [5.41, 5.74) is 8.17. The number of hydrogen-bond donors (Lipinski definition) is 1. The molecule has 2 rings (SSSR count). The molecule has 1 aromatic rings.